The molecular formula is C26H36N2O5S. The second-order valence-corrected chi connectivity index (χ2v) is 10.4. The molecule has 34 heavy (non-hydrogen) atoms. The van der Waals surface area contributed by atoms with Crippen LogP contribution in [-0.4, -0.2) is 56.4 Å². The predicted molar refractivity (Wildman–Crippen MR) is 133 cm³/mol. The van der Waals surface area contributed by atoms with Crippen molar-refractivity contribution in [2.45, 2.75) is 57.9 Å². The topological polar surface area (TPSA) is 76.2 Å². The van der Waals surface area contributed by atoms with Gasteiger partial charge in [0, 0.05) is 31.7 Å². The maximum Gasteiger partial charge on any atom is 0.254 e. The summed E-state index contributed by atoms with van der Waals surface area (Å²) in [5, 5.41) is 0. The van der Waals surface area contributed by atoms with Crippen molar-refractivity contribution in [2.24, 2.45) is 0 Å². The summed E-state index contributed by atoms with van der Waals surface area (Å²) in [5.41, 5.74) is 1.42. The molecule has 0 aliphatic carbocycles. The third-order valence-electron chi connectivity index (χ3n) is 5.73. The number of amides is 1. The monoisotopic (exact) mass is 488 g/mol. The van der Waals surface area contributed by atoms with Gasteiger partial charge in [-0.05, 0) is 74.6 Å². The highest BCUT2D eigenvalue weighted by atomic mass is 32.2. The van der Waals surface area contributed by atoms with Crippen molar-refractivity contribution in [3.05, 3.63) is 53.6 Å². The molecule has 2 aromatic rings. The SMILES string of the molecule is CCCOc1ccc(CN(CCC)C(=O)c2ccc(S(=O)(=O)N3CCCC3)cc2)cc1OCC. The quantitative estimate of drug-likeness (QED) is 0.432. The van der Waals surface area contributed by atoms with Crippen LogP contribution in [0.2, 0.25) is 0 Å². The van der Waals surface area contributed by atoms with Crippen LogP contribution in [0, 0.1) is 0 Å². The number of ether oxygens (including phenoxy) is 2. The first-order valence-corrected chi connectivity index (χ1v) is 13.6. The third kappa shape index (κ3) is 6.30. The molecule has 2 aromatic carbocycles. The number of benzene rings is 2. The highest BCUT2D eigenvalue weighted by Crippen LogP contribution is 2.29. The fraction of sp³-hybridized carbons (Fsp3) is 0.500. The summed E-state index contributed by atoms with van der Waals surface area (Å²) in [7, 11) is -3.50. The smallest absolute Gasteiger partial charge is 0.254 e. The van der Waals surface area contributed by atoms with Gasteiger partial charge in [0.1, 0.15) is 0 Å². The molecular weight excluding hydrogens is 452 g/mol. The maximum absolute atomic E-state index is 13.3. The maximum atomic E-state index is 13.3. The van der Waals surface area contributed by atoms with E-state index in [1.807, 2.05) is 32.0 Å². The van der Waals surface area contributed by atoms with E-state index in [0.717, 1.165) is 31.2 Å². The Morgan fingerprint density at radius 2 is 1.65 bits per heavy atom. The van der Waals surface area contributed by atoms with Gasteiger partial charge in [0.15, 0.2) is 11.5 Å². The van der Waals surface area contributed by atoms with Crippen molar-refractivity contribution in [1.29, 1.82) is 0 Å². The first kappa shape index (κ1) is 26.0. The Morgan fingerprint density at radius 1 is 0.941 bits per heavy atom. The highest BCUT2D eigenvalue weighted by molar-refractivity contribution is 7.89. The molecule has 0 unspecified atom stereocenters. The number of hydrogen-bond acceptors (Lipinski definition) is 5. The van der Waals surface area contributed by atoms with Crippen LogP contribution in [0.3, 0.4) is 0 Å². The summed E-state index contributed by atoms with van der Waals surface area (Å²) in [4.78, 5) is 15.3. The molecule has 0 saturated carbocycles. The summed E-state index contributed by atoms with van der Waals surface area (Å²) < 4.78 is 38.6. The lowest BCUT2D eigenvalue weighted by atomic mass is 10.1. The molecule has 0 radical (unpaired) electrons. The lowest BCUT2D eigenvalue weighted by Crippen LogP contribution is -2.31. The van der Waals surface area contributed by atoms with E-state index in [1.165, 1.54) is 16.4 Å². The minimum Gasteiger partial charge on any atom is -0.490 e. The number of rotatable bonds is 12. The fourth-order valence-electron chi connectivity index (χ4n) is 4.02. The lowest BCUT2D eigenvalue weighted by Gasteiger charge is -2.23. The first-order valence-electron chi connectivity index (χ1n) is 12.2. The van der Waals surface area contributed by atoms with E-state index in [4.69, 9.17) is 9.47 Å². The van der Waals surface area contributed by atoms with Crippen molar-refractivity contribution >= 4 is 15.9 Å². The van der Waals surface area contributed by atoms with Crippen molar-refractivity contribution in [1.82, 2.24) is 9.21 Å². The van der Waals surface area contributed by atoms with E-state index >= 15 is 0 Å². The molecule has 0 spiro atoms. The number of carbonyl (C=O) groups excluding carboxylic acids is 1. The lowest BCUT2D eigenvalue weighted by molar-refractivity contribution is 0.0743. The first-order chi connectivity index (χ1) is 16.4. The number of carbonyl (C=O) groups is 1. The van der Waals surface area contributed by atoms with Crippen LogP contribution in [0.1, 0.15) is 62.4 Å². The summed E-state index contributed by atoms with van der Waals surface area (Å²) in [6.07, 6.45) is 3.49. The summed E-state index contributed by atoms with van der Waals surface area (Å²) >= 11 is 0. The van der Waals surface area contributed by atoms with Gasteiger partial charge in [0.05, 0.1) is 18.1 Å². The molecule has 1 aliphatic heterocycles. The Labute approximate surface area is 203 Å². The number of sulfonamides is 1. The number of hydrogen-bond donors (Lipinski definition) is 0. The highest BCUT2D eigenvalue weighted by Gasteiger charge is 2.27. The molecule has 1 fully saturated rings. The largest absolute Gasteiger partial charge is 0.490 e. The summed E-state index contributed by atoms with van der Waals surface area (Å²) in [5.74, 6) is 1.25. The van der Waals surface area contributed by atoms with Gasteiger partial charge in [-0.15, -0.1) is 0 Å². The van der Waals surface area contributed by atoms with Crippen LogP contribution in [0.15, 0.2) is 47.4 Å². The standard InChI is InChI=1S/C26H36N2O5S/c1-4-15-27(20-21-9-14-24(33-18-5-2)25(19-21)32-6-3)26(29)22-10-12-23(13-11-22)34(30,31)28-16-7-8-17-28/h9-14,19H,4-8,15-18,20H2,1-3H3. The van der Waals surface area contributed by atoms with Crippen molar-refractivity contribution in [3.63, 3.8) is 0 Å². The van der Waals surface area contributed by atoms with Crippen LogP contribution in [0.4, 0.5) is 0 Å². The van der Waals surface area contributed by atoms with Gasteiger partial charge in [-0.3, -0.25) is 4.79 Å². The van der Waals surface area contributed by atoms with Gasteiger partial charge >= 0.3 is 0 Å². The van der Waals surface area contributed by atoms with Gasteiger partial charge in [-0.1, -0.05) is 19.9 Å². The second-order valence-electron chi connectivity index (χ2n) is 8.42. The van der Waals surface area contributed by atoms with Gasteiger partial charge in [-0.25, -0.2) is 8.42 Å². The van der Waals surface area contributed by atoms with E-state index in [1.54, 1.807) is 17.0 Å². The molecule has 3 rings (SSSR count). The average molecular weight is 489 g/mol. The average Bonchev–Trinajstić information content (AvgIpc) is 3.39. The van der Waals surface area contributed by atoms with Gasteiger partial charge in [-0.2, -0.15) is 4.31 Å². The number of nitrogens with zero attached hydrogens (tertiary/aromatic N) is 2. The molecule has 0 bridgehead atoms. The minimum atomic E-state index is -3.50. The Morgan fingerprint density at radius 3 is 2.26 bits per heavy atom. The van der Waals surface area contributed by atoms with Crippen LogP contribution < -0.4 is 9.47 Å². The van der Waals surface area contributed by atoms with Crippen LogP contribution >= 0.6 is 0 Å². The molecule has 8 heteroatoms. The molecule has 1 heterocycles. The zero-order chi connectivity index (χ0) is 24.6. The third-order valence-corrected chi connectivity index (χ3v) is 7.64. The Bertz CT molecular complexity index is 1050. The Balaban J connectivity index is 1.77. The summed E-state index contributed by atoms with van der Waals surface area (Å²) in [6.45, 7) is 9.27. The van der Waals surface area contributed by atoms with E-state index in [9.17, 15) is 13.2 Å². The zero-order valence-electron chi connectivity index (χ0n) is 20.5. The van der Waals surface area contributed by atoms with Crippen LogP contribution in [0.5, 0.6) is 11.5 Å². The van der Waals surface area contributed by atoms with Gasteiger partial charge < -0.3 is 14.4 Å². The van der Waals surface area contributed by atoms with E-state index < -0.39 is 10.0 Å². The molecule has 0 atom stereocenters. The van der Waals surface area contributed by atoms with E-state index in [-0.39, 0.29) is 10.8 Å². The Kier molecular flexibility index (Phi) is 9.36. The van der Waals surface area contributed by atoms with Gasteiger partial charge in [0.2, 0.25) is 10.0 Å². The molecule has 7 nitrogen and oxygen atoms in total. The minimum absolute atomic E-state index is 0.128. The molecule has 1 saturated heterocycles. The van der Waals surface area contributed by atoms with Crippen LogP contribution in [0.25, 0.3) is 0 Å². The summed E-state index contributed by atoms with van der Waals surface area (Å²) in [6, 6.07) is 12.1. The van der Waals surface area contributed by atoms with E-state index in [0.29, 0.717) is 56.5 Å². The second kappa shape index (κ2) is 12.2. The molecule has 1 aliphatic rings. The van der Waals surface area contributed by atoms with E-state index in [2.05, 4.69) is 6.92 Å². The zero-order valence-corrected chi connectivity index (χ0v) is 21.3. The molecule has 186 valence electrons. The molecule has 0 N–H and O–H groups in total. The molecule has 0 aromatic heterocycles. The molecule has 1 amide bonds. The fourth-order valence-corrected chi connectivity index (χ4v) is 5.54. The normalized spacial score (nSPS) is 14.2. The van der Waals surface area contributed by atoms with Crippen molar-refractivity contribution < 1.29 is 22.7 Å². The predicted octanol–water partition coefficient (Wildman–Crippen LogP) is 4.71. The van der Waals surface area contributed by atoms with Crippen molar-refractivity contribution in [3.8, 4) is 11.5 Å². The van der Waals surface area contributed by atoms with Crippen LogP contribution in [-0.2, 0) is 16.6 Å². The van der Waals surface area contributed by atoms with Crippen molar-refractivity contribution in [2.75, 3.05) is 32.8 Å². The van der Waals surface area contributed by atoms with Gasteiger partial charge in [0.25, 0.3) is 5.91 Å². The Hall–Kier alpha value is -2.58.